The Balaban J connectivity index is 2.70. The van der Waals surface area contributed by atoms with Crippen molar-refractivity contribution in [3.63, 3.8) is 0 Å². The molecule has 0 atom stereocenters. The summed E-state index contributed by atoms with van der Waals surface area (Å²) in [5.74, 6) is -0.877. The summed E-state index contributed by atoms with van der Waals surface area (Å²) >= 11 is 0. The van der Waals surface area contributed by atoms with E-state index in [2.05, 4.69) is 6.07 Å². The predicted octanol–water partition coefficient (Wildman–Crippen LogP) is 3.40. The molecule has 0 unspecified atom stereocenters. The van der Waals surface area contributed by atoms with Crippen LogP contribution in [0, 0.1) is 11.3 Å². The van der Waals surface area contributed by atoms with Crippen molar-refractivity contribution in [1.29, 1.82) is 5.26 Å². The molecule has 0 bridgehead atoms. The number of nitrogens with zero attached hydrogens (tertiary/aromatic N) is 2. The molecule has 108 valence electrons. The summed E-state index contributed by atoms with van der Waals surface area (Å²) in [4.78, 5) is 13.0. The van der Waals surface area contributed by atoms with Gasteiger partial charge in [0.05, 0.1) is 11.6 Å². The SMILES string of the molecule is CC(C)(C)N(CC(=O)O)c1ccc(C#N)c2ccccc12. The molecule has 21 heavy (non-hydrogen) atoms. The fourth-order valence-electron chi connectivity index (χ4n) is 2.43. The Morgan fingerprint density at radius 2 is 1.81 bits per heavy atom. The van der Waals surface area contributed by atoms with Crippen LogP contribution in [-0.2, 0) is 4.79 Å². The van der Waals surface area contributed by atoms with Crippen molar-refractivity contribution in [2.75, 3.05) is 11.4 Å². The molecule has 0 spiro atoms. The molecule has 2 aromatic carbocycles. The van der Waals surface area contributed by atoms with Crippen LogP contribution < -0.4 is 4.90 Å². The summed E-state index contributed by atoms with van der Waals surface area (Å²) in [7, 11) is 0. The number of hydrogen-bond donors (Lipinski definition) is 1. The molecule has 1 N–H and O–H groups in total. The van der Waals surface area contributed by atoms with Crippen LogP contribution in [0.4, 0.5) is 5.69 Å². The molecular weight excluding hydrogens is 264 g/mol. The highest BCUT2D eigenvalue weighted by Crippen LogP contribution is 2.33. The monoisotopic (exact) mass is 282 g/mol. The van der Waals surface area contributed by atoms with Crippen LogP contribution in [0.15, 0.2) is 36.4 Å². The highest BCUT2D eigenvalue weighted by molar-refractivity contribution is 5.98. The number of aliphatic carboxylic acids is 1. The van der Waals surface area contributed by atoms with E-state index in [1.54, 1.807) is 6.07 Å². The lowest BCUT2D eigenvalue weighted by molar-refractivity contribution is -0.135. The largest absolute Gasteiger partial charge is 0.480 e. The van der Waals surface area contributed by atoms with E-state index in [-0.39, 0.29) is 12.1 Å². The first kappa shape index (κ1) is 14.9. The third kappa shape index (κ3) is 2.97. The molecule has 0 amide bonds. The number of nitriles is 1. The highest BCUT2D eigenvalue weighted by atomic mass is 16.4. The normalized spacial score (nSPS) is 11.1. The Labute approximate surface area is 124 Å². The van der Waals surface area contributed by atoms with Gasteiger partial charge in [0.25, 0.3) is 0 Å². The van der Waals surface area contributed by atoms with Crippen molar-refractivity contribution in [1.82, 2.24) is 0 Å². The second kappa shape index (κ2) is 5.45. The number of rotatable bonds is 3. The predicted molar refractivity (Wildman–Crippen MR) is 83.4 cm³/mol. The molecule has 0 heterocycles. The van der Waals surface area contributed by atoms with Gasteiger partial charge in [0.1, 0.15) is 6.54 Å². The summed E-state index contributed by atoms with van der Waals surface area (Å²) in [6.45, 7) is 5.84. The van der Waals surface area contributed by atoms with Crippen molar-refractivity contribution in [3.05, 3.63) is 42.0 Å². The second-order valence-corrected chi connectivity index (χ2v) is 5.94. The van der Waals surface area contributed by atoms with Crippen LogP contribution in [0.25, 0.3) is 10.8 Å². The zero-order valence-electron chi connectivity index (χ0n) is 12.4. The van der Waals surface area contributed by atoms with Gasteiger partial charge in [-0.1, -0.05) is 24.3 Å². The van der Waals surface area contributed by atoms with Gasteiger partial charge < -0.3 is 10.0 Å². The third-order valence-corrected chi connectivity index (χ3v) is 3.42. The van der Waals surface area contributed by atoms with E-state index in [1.807, 2.05) is 56.0 Å². The minimum atomic E-state index is -0.877. The number of carboxylic acid groups (broad SMARTS) is 1. The number of anilines is 1. The standard InChI is InChI=1S/C17H18N2O2/c1-17(2,3)19(11-16(20)21)15-9-8-12(10-18)13-6-4-5-7-14(13)15/h4-9H,11H2,1-3H3,(H,20,21). The number of carboxylic acids is 1. The van der Waals surface area contributed by atoms with E-state index in [1.165, 1.54) is 0 Å². The Kier molecular flexibility index (Phi) is 3.86. The molecule has 2 aromatic rings. The van der Waals surface area contributed by atoms with Gasteiger partial charge in [-0.2, -0.15) is 5.26 Å². The minimum absolute atomic E-state index is 0.0839. The molecule has 0 radical (unpaired) electrons. The molecule has 0 aliphatic heterocycles. The zero-order chi connectivity index (χ0) is 15.6. The van der Waals surface area contributed by atoms with Gasteiger partial charge >= 0.3 is 5.97 Å². The maximum atomic E-state index is 11.2. The fraction of sp³-hybridized carbons (Fsp3) is 0.294. The zero-order valence-corrected chi connectivity index (χ0v) is 12.4. The van der Waals surface area contributed by atoms with Gasteiger partial charge in [-0.25, -0.2) is 0 Å². The number of fused-ring (bicyclic) bond motifs is 1. The highest BCUT2D eigenvalue weighted by Gasteiger charge is 2.25. The average molecular weight is 282 g/mol. The first-order chi connectivity index (χ1) is 9.84. The van der Waals surface area contributed by atoms with Gasteiger partial charge in [-0.3, -0.25) is 4.79 Å². The van der Waals surface area contributed by atoms with Gasteiger partial charge in [0.15, 0.2) is 0 Å². The van der Waals surface area contributed by atoms with E-state index >= 15 is 0 Å². The van der Waals surface area contributed by atoms with Crippen molar-refractivity contribution < 1.29 is 9.90 Å². The van der Waals surface area contributed by atoms with Crippen LogP contribution in [0.3, 0.4) is 0 Å². The van der Waals surface area contributed by atoms with Gasteiger partial charge in [0.2, 0.25) is 0 Å². The van der Waals surface area contributed by atoms with Crippen LogP contribution >= 0.6 is 0 Å². The maximum absolute atomic E-state index is 11.2. The molecule has 0 aliphatic rings. The van der Waals surface area contributed by atoms with E-state index in [9.17, 15) is 15.2 Å². The summed E-state index contributed by atoms with van der Waals surface area (Å²) in [6, 6.07) is 13.3. The van der Waals surface area contributed by atoms with Crippen molar-refractivity contribution in [2.45, 2.75) is 26.3 Å². The lowest BCUT2D eigenvalue weighted by Crippen LogP contribution is -2.44. The summed E-state index contributed by atoms with van der Waals surface area (Å²) in [5.41, 5.74) is 1.09. The van der Waals surface area contributed by atoms with E-state index in [0.29, 0.717) is 5.56 Å². The molecule has 0 saturated carbocycles. The molecule has 0 aromatic heterocycles. The lowest BCUT2D eigenvalue weighted by atomic mass is 9.99. The first-order valence-corrected chi connectivity index (χ1v) is 6.76. The second-order valence-electron chi connectivity index (χ2n) is 5.94. The van der Waals surface area contributed by atoms with E-state index in [0.717, 1.165) is 16.5 Å². The first-order valence-electron chi connectivity index (χ1n) is 6.76. The van der Waals surface area contributed by atoms with E-state index < -0.39 is 5.97 Å². The lowest BCUT2D eigenvalue weighted by Gasteiger charge is -2.37. The fourth-order valence-corrected chi connectivity index (χ4v) is 2.43. The third-order valence-electron chi connectivity index (χ3n) is 3.42. The van der Waals surface area contributed by atoms with Crippen LogP contribution in [-0.4, -0.2) is 23.2 Å². The molecule has 2 rings (SSSR count). The number of carbonyl (C=O) groups is 1. The smallest absolute Gasteiger partial charge is 0.323 e. The summed E-state index contributed by atoms with van der Waals surface area (Å²) in [5, 5.41) is 20.1. The average Bonchev–Trinajstić information content (AvgIpc) is 2.42. The molecule has 0 fully saturated rings. The van der Waals surface area contributed by atoms with Gasteiger partial charge in [-0.05, 0) is 32.9 Å². The Bertz CT molecular complexity index is 724. The van der Waals surface area contributed by atoms with Gasteiger partial charge in [0, 0.05) is 22.0 Å². The van der Waals surface area contributed by atoms with Crippen molar-refractivity contribution in [2.24, 2.45) is 0 Å². The molecule has 4 heteroatoms. The number of hydrogen-bond acceptors (Lipinski definition) is 3. The Morgan fingerprint density at radius 1 is 1.19 bits per heavy atom. The summed E-state index contributed by atoms with van der Waals surface area (Å²) in [6.07, 6.45) is 0. The molecule has 0 aliphatic carbocycles. The van der Waals surface area contributed by atoms with Gasteiger partial charge in [-0.15, -0.1) is 0 Å². The van der Waals surface area contributed by atoms with Crippen LogP contribution in [0.2, 0.25) is 0 Å². The van der Waals surface area contributed by atoms with Crippen molar-refractivity contribution >= 4 is 22.4 Å². The maximum Gasteiger partial charge on any atom is 0.323 e. The van der Waals surface area contributed by atoms with Crippen LogP contribution in [0.1, 0.15) is 26.3 Å². The van der Waals surface area contributed by atoms with E-state index in [4.69, 9.17) is 0 Å². The Hall–Kier alpha value is -2.54. The quantitative estimate of drug-likeness (QED) is 0.937. The molecule has 0 saturated heterocycles. The summed E-state index contributed by atoms with van der Waals surface area (Å²) < 4.78 is 0. The van der Waals surface area contributed by atoms with Crippen LogP contribution in [0.5, 0.6) is 0 Å². The molecular formula is C17H18N2O2. The topological polar surface area (TPSA) is 64.3 Å². The number of benzene rings is 2. The molecule has 4 nitrogen and oxygen atoms in total. The Morgan fingerprint density at radius 3 is 2.33 bits per heavy atom. The van der Waals surface area contributed by atoms with Crippen molar-refractivity contribution in [3.8, 4) is 6.07 Å². The minimum Gasteiger partial charge on any atom is -0.480 e.